The van der Waals surface area contributed by atoms with Crippen molar-refractivity contribution in [2.45, 2.75) is 62.9 Å². The number of nitrogens with two attached hydrogens (primary N) is 3. The standard InChI is InChI=1S/C22H27N9O2S.C21H26N8OS.CHNO.K/c23-20-25-7-13(8-26-20)17-19-18(28-22(27-17)31-15-1-2-16(31)11-33-10-15)14(12-34-19)9-29-3-5-30(6-4-29)21(24)32;22-20-24-7-13(8-25-20)17-19-18(14(12-31-19)9-28-5-3-23-4-6-28)27-21(26-17)29-15-1-2-16(29)11-30-10-15;2-1-3;/h7-8,12,15-16H,1-6,9-11H2,(H2,24,32)(H2,23,25,26);7-8,12,15-16,23H,1-6,9-11H2,(H2,22,24,25);3H;/q;;;+1/p-1. The topological polar surface area (TPSA) is 292 Å². The molecule has 6 fully saturated rings. The van der Waals surface area contributed by atoms with E-state index in [0.717, 1.165) is 152 Å². The first-order valence-electron chi connectivity index (χ1n) is 22.9. The summed E-state index contributed by atoms with van der Waals surface area (Å²) >= 11 is 3.34. The number of rotatable bonds is 8. The molecule has 0 aromatic carbocycles. The predicted octanol–water partition coefficient (Wildman–Crippen LogP) is -1.37. The number of nitrogens with zero attached hydrogens (tertiary/aromatic N) is 14. The SMILES string of the molecule is N#C[O-].NC(=O)N1CCN(Cc2csc3c(-c4cnc(N)nc4)nc(N4C5CCC4COC5)nc23)CC1.Nc1ncc(-c2nc(N3C4CCC3COC4)nc3c(CN4CCNCC4)csc23)cn1.[K+]. The third-order valence-electron chi connectivity index (χ3n) is 13.5. The van der Waals surface area contributed by atoms with Crippen LogP contribution in [0.5, 0.6) is 0 Å². The zero-order valence-corrected chi connectivity index (χ0v) is 43.2. The summed E-state index contributed by atoms with van der Waals surface area (Å²) in [6, 6.07) is 0.948. The van der Waals surface area contributed by atoms with Gasteiger partial charge in [-0.25, -0.2) is 49.9 Å². The molecule has 6 aromatic rings. The molecule has 12 heterocycles. The molecule has 6 aliphatic heterocycles. The van der Waals surface area contributed by atoms with Gasteiger partial charge in [0.1, 0.15) is 0 Å². The number of hydrogen-bond acceptors (Lipinski definition) is 22. The van der Waals surface area contributed by atoms with Crippen molar-refractivity contribution in [3.8, 4) is 28.8 Å². The zero-order valence-electron chi connectivity index (χ0n) is 38.4. The normalized spacial score (nSPS) is 22.3. The van der Waals surface area contributed by atoms with Crippen molar-refractivity contribution in [3.05, 3.63) is 46.7 Å². The number of urea groups is 1. The Balaban J connectivity index is 0.000000161. The number of aromatic nitrogens is 8. The molecule has 6 aromatic heterocycles. The van der Waals surface area contributed by atoms with Crippen LogP contribution in [-0.2, 0) is 22.6 Å². The van der Waals surface area contributed by atoms with Gasteiger partial charge >= 0.3 is 57.4 Å². The molecular weight excluding hydrogens is 948 g/mol. The van der Waals surface area contributed by atoms with E-state index in [1.54, 1.807) is 52.4 Å². The Bertz CT molecular complexity index is 2730. The Hall–Kier alpha value is -4.56. The largest absolute Gasteiger partial charge is 1.00 e. The monoisotopic (exact) mass is 1000 g/mol. The van der Waals surface area contributed by atoms with Gasteiger partial charge < -0.3 is 51.8 Å². The van der Waals surface area contributed by atoms with E-state index < -0.39 is 0 Å². The van der Waals surface area contributed by atoms with Gasteiger partial charge in [-0.3, -0.25) is 9.80 Å². The molecule has 0 radical (unpaired) electrons. The number of carbonyl (C=O) groups is 1. The first kappa shape index (κ1) is 49.4. The molecule has 0 spiro atoms. The average molecular weight is 1000 g/mol. The molecule has 6 saturated heterocycles. The number of anilines is 4. The number of hydrogen-bond donors (Lipinski definition) is 4. The Kier molecular flexibility index (Phi) is 15.9. The van der Waals surface area contributed by atoms with Crippen LogP contribution >= 0.6 is 22.7 Å². The zero-order chi connectivity index (χ0) is 46.7. The quantitative estimate of drug-likeness (QED) is 0.101. The van der Waals surface area contributed by atoms with E-state index >= 15 is 0 Å². The van der Waals surface area contributed by atoms with E-state index in [0.29, 0.717) is 56.7 Å². The number of nitrogens with one attached hydrogen (secondary N) is 1. The third kappa shape index (κ3) is 10.7. The molecule has 6 aliphatic rings. The first-order chi connectivity index (χ1) is 33.2. The summed E-state index contributed by atoms with van der Waals surface area (Å²) in [5.41, 5.74) is 24.8. The fraction of sp³-hybridized carbons (Fsp3) is 0.500. The van der Waals surface area contributed by atoms with Crippen LogP contribution in [0.4, 0.5) is 28.6 Å². The Morgan fingerprint density at radius 3 is 1.46 bits per heavy atom. The van der Waals surface area contributed by atoms with Crippen LogP contribution in [-0.4, -0.2) is 164 Å². The molecule has 7 N–H and O–H groups in total. The summed E-state index contributed by atoms with van der Waals surface area (Å²) < 4.78 is 13.7. The predicted molar refractivity (Wildman–Crippen MR) is 256 cm³/mol. The summed E-state index contributed by atoms with van der Waals surface area (Å²) in [6.45, 7) is 11.6. The second-order valence-corrected chi connectivity index (χ2v) is 19.4. The molecule has 0 aliphatic carbocycles. The van der Waals surface area contributed by atoms with Crippen molar-refractivity contribution >= 4 is 72.9 Å². The van der Waals surface area contributed by atoms with Crippen LogP contribution in [0.25, 0.3) is 42.9 Å². The molecule has 2 amide bonds. The molecule has 12 rings (SSSR count). The van der Waals surface area contributed by atoms with Gasteiger partial charge in [-0.2, -0.15) is 0 Å². The number of amides is 2. The van der Waals surface area contributed by atoms with Crippen LogP contribution in [0.15, 0.2) is 35.5 Å². The van der Waals surface area contributed by atoms with E-state index in [1.807, 2.05) is 0 Å². The molecule has 69 heavy (non-hydrogen) atoms. The fourth-order valence-electron chi connectivity index (χ4n) is 10.1. The van der Waals surface area contributed by atoms with Gasteiger partial charge in [-0.1, -0.05) is 0 Å². The van der Waals surface area contributed by atoms with Gasteiger partial charge in [0.25, 0.3) is 0 Å². The van der Waals surface area contributed by atoms with Crippen LogP contribution in [0.2, 0.25) is 0 Å². The van der Waals surface area contributed by atoms with E-state index in [1.165, 1.54) is 5.56 Å². The molecule has 356 valence electrons. The molecule has 25 heteroatoms. The number of piperazine rings is 2. The number of fused-ring (bicyclic) bond motifs is 6. The van der Waals surface area contributed by atoms with Gasteiger partial charge in [0.2, 0.25) is 23.8 Å². The number of primary amides is 1. The first-order valence-corrected chi connectivity index (χ1v) is 24.7. The number of nitriles is 1. The summed E-state index contributed by atoms with van der Waals surface area (Å²) in [4.78, 5) is 59.9. The minimum absolute atomic E-state index is 0. The number of morpholine rings is 2. The van der Waals surface area contributed by atoms with Crippen molar-refractivity contribution in [2.75, 3.05) is 100 Å². The van der Waals surface area contributed by atoms with E-state index in [4.69, 9.17) is 57.0 Å². The Labute approximate surface area is 449 Å². The van der Waals surface area contributed by atoms with Crippen molar-refractivity contribution in [1.82, 2.24) is 59.9 Å². The summed E-state index contributed by atoms with van der Waals surface area (Å²) in [5, 5.41) is 22.8. The van der Waals surface area contributed by atoms with Crippen LogP contribution in [0.3, 0.4) is 0 Å². The molecule has 4 bridgehead atoms. The number of carbonyl (C=O) groups excluding carboxylic acids is 1. The number of nitrogen functional groups attached to an aromatic ring is 2. The smallest absolute Gasteiger partial charge is 0.812 e. The summed E-state index contributed by atoms with van der Waals surface area (Å²) in [7, 11) is 0. The molecular formula is C44H53KN18O4S2. The van der Waals surface area contributed by atoms with Gasteiger partial charge in [0.05, 0.1) is 82.4 Å². The summed E-state index contributed by atoms with van der Waals surface area (Å²) in [6.07, 6.45) is 11.9. The number of thiophene rings is 2. The molecule has 0 saturated carbocycles. The maximum atomic E-state index is 11.5. The maximum absolute atomic E-state index is 11.5. The van der Waals surface area contributed by atoms with E-state index in [9.17, 15) is 4.79 Å². The van der Waals surface area contributed by atoms with Gasteiger partial charge in [-0.05, 0) is 36.4 Å². The van der Waals surface area contributed by atoms with Crippen LogP contribution < -0.4 is 88.8 Å². The van der Waals surface area contributed by atoms with Gasteiger partial charge in [-0.15, -0.1) is 22.7 Å². The third-order valence-corrected chi connectivity index (χ3v) is 15.5. The van der Waals surface area contributed by atoms with Gasteiger partial charge in [0.15, 0.2) is 0 Å². The minimum Gasteiger partial charge on any atom is -0.812 e. The van der Waals surface area contributed by atoms with Crippen molar-refractivity contribution in [1.29, 1.82) is 5.26 Å². The maximum Gasteiger partial charge on any atom is 1.00 e. The number of ether oxygens (including phenoxy) is 2. The molecule has 22 nitrogen and oxygen atoms in total. The van der Waals surface area contributed by atoms with Crippen molar-refractivity contribution < 1.29 is 70.8 Å². The Morgan fingerprint density at radius 1 is 0.681 bits per heavy atom. The summed E-state index contributed by atoms with van der Waals surface area (Å²) in [5.74, 6) is 2.05. The Morgan fingerprint density at radius 2 is 1.07 bits per heavy atom. The van der Waals surface area contributed by atoms with Crippen molar-refractivity contribution in [2.24, 2.45) is 5.73 Å². The second-order valence-electron chi connectivity index (χ2n) is 17.7. The average Bonchev–Trinajstić information content (AvgIpc) is 4.09. The van der Waals surface area contributed by atoms with Crippen LogP contribution in [0.1, 0.15) is 36.8 Å². The van der Waals surface area contributed by atoms with Crippen molar-refractivity contribution in [3.63, 3.8) is 0 Å². The molecule has 4 unspecified atom stereocenters. The van der Waals surface area contributed by atoms with Gasteiger partial charge in [0, 0.05) is 119 Å². The molecule has 4 atom stereocenters. The van der Waals surface area contributed by atoms with E-state index in [2.05, 4.69) is 55.6 Å². The minimum atomic E-state index is -0.353. The second kappa shape index (κ2) is 22.2. The van der Waals surface area contributed by atoms with Crippen LogP contribution in [0, 0.1) is 11.5 Å². The fourth-order valence-corrected chi connectivity index (χ4v) is 12.1. The van der Waals surface area contributed by atoms with E-state index in [-0.39, 0.29) is 69.3 Å².